The molecule has 0 aromatic heterocycles. The fraction of sp³-hybridized carbons (Fsp3) is 0.800. The molecule has 1 heteroatoms. The van der Waals surface area contributed by atoms with Gasteiger partial charge in [0.2, 0.25) is 0 Å². The van der Waals surface area contributed by atoms with Crippen molar-refractivity contribution in [2.24, 2.45) is 11.8 Å². The number of ether oxygens (including phenoxy) is 1. The van der Waals surface area contributed by atoms with Crippen LogP contribution in [-0.4, -0.2) is 12.2 Å². The van der Waals surface area contributed by atoms with E-state index in [0.29, 0.717) is 24.0 Å². The van der Waals surface area contributed by atoms with E-state index >= 15 is 0 Å². The fourth-order valence-electron chi connectivity index (χ4n) is 1.80. The fourth-order valence-corrected chi connectivity index (χ4v) is 1.80. The summed E-state index contributed by atoms with van der Waals surface area (Å²) in [6.07, 6.45) is 4.00. The van der Waals surface area contributed by atoms with Gasteiger partial charge in [-0.2, -0.15) is 0 Å². The average Bonchev–Trinajstić information content (AvgIpc) is 1.96. The normalized spacial score (nSPS) is 45.4. The molecule has 64 valence electrons. The highest BCUT2D eigenvalue weighted by molar-refractivity contribution is 4.89. The molecule has 1 rings (SSSR count). The largest absolute Gasteiger partial charge is 0.375 e. The zero-order valence-electron chi connectivity index (χ0n) is 7.71. The Kier molecular flexibility index (Phi) is 2.72. The highest BCUT2D eigenvalue weighted by Gasteiger charge is 2.29. The second-order valence-electron chi connectivity index (χ2n) is 3.65. The third-order valence-electron chi connectivity index (χ3n) is 2.77. The lowest BCUT2D eigenvalue weighted by molar-refractivity contribution is -0.0768. The Morgan fingerprint density at radius 1 is 1.36 bits per heavy atom. The summed E-state index contributed by atoms with van der Waals surface area (Å²) in [5.41, 5.74) is 0. The number of rotatable bonds is 1. The van der Waals surface area contributed by atoms with E-state index in [4.69, 9.17) is 4.74 Å². The number of allylic oxidation sites excluding steroid dienone is 1. The van der Waals surface area contributed by atoms with Crippen LogP contribution >= 0.6 is 0 Å². The molecule has 4 atom stereocenters. The molecule has 0 radical (unpaired) electrons. The van der Waals surface area contributed by atoms with Gasteiger partial charge in [-0.1, -0.05) is 13.0 Å². The van der Waals surface area contributed by atoms with Crippen LogP contribution in [0.4, 0.5) is 0 Å². The molecule has 0 aromatic carbocycles. The average molecular weight is 154 g/mol. The Morgan fingerprint density at radius 2 is 2.00 bits per heavy atom. The van der Waals surface area contributed by atoms with Gasteiger partial charge < -0.3 is 4.74 Å². The van der Waals surface area contributed by atoms with Crippen LogP contribution in [0.3, 0.4) is 0 Å². The van der Waals surface area contributed by atoms with Crippen molar-refractivity contribution in [2.75, 3.05) is 0 Å². The van der Waals surface area contributed by atoms with E-state index in [2.05, 4.69) is 33.4 Å². The summed E-state index contributed by atoms with van der Waals surface area (Å²) in [5.74, 6) is 1.28. The summed E-state index contributed by atoms with van der Waals surface area (Å²) in [6.45, 7) is 10.4. The van der Waals surface area contributed by atoms with Gasteiger partial charge in [-0.3, -0.25) is 0 Å². The van der Waals surface area contributed by atoms with Crippen LogP contribution in [0.5, 0.6) is 0 Å². The molecule has 1 aliphatic heterocycles. The maximum atomic E-state index is 5.68. The van der Waals surface area contributed by atoms with Gasteiger partial charge >= 0.3 is 0 Å². The first-order chi connectivity index (χ1) is 5.15. The molecule has 0 aliphatic carbocycles. The molecule has 1 aliphatic rings. The van der Waals surface area contributed by atoms with Crippen LogP contribution in [0.1, 0.15) is 27.2 Å². The van der Waals surface area contributed by atoms with Gasteiger partial charge in [-0.05, 0) is 32.1 Å². The van der Waals surface area contributed by atoms with Crippen molar-refractivity contribution in [1.29, 1.82) is 0 Å². The van der Waals surface area contributed by atoms with Gasteiger partial charge in [-0.15, -0.1) is 6.58 Å². The topological polar surface area (TPSA) is 9.23 Å². The second kappa shape index (κ2) is 3.40. The Morgan fingerprint density at radius 3 is 2.55 bits per heavy atom. The van der Waals surface area contributed by atoms with Crippen LogP contribution in [0.2, 0.25) is 0 Å². The molecular weight excluding hydrogens is 136 g/mol. The minimum absolute atomic E-state index is 0.391. The summed E-state index contributed by atoms with van der Waals surface area (Å²) >= 11 is 0. The van der Waals surface area contributed by atoms with E-state index in [-0.39, 0.29) is 0 Å². The summed E-state index contributed by atoms with van der Waals surface area (Å²) in [7, 11) is 0. The van der Waals surface area contributed by atoms with Crippen molar-refractivity contribution in [3.8, 4) is 0 Å². The van der Waals surface area contributed by atoms with Crippen molar-refractivity contribution in [1.82, 2.24) is 0 Å². The maximum Gasteiger partial charge on any atom is 0.0581 e. The van der Waals surface area contributed by atoms with Crippen LogP contribution < -0.4 is 0 Å². The molecule has 11 heavy (non-hydrogen) atoms. The summed E-state index contributed by atoms with van der Waals surface area (Å²) in [6, 6.07) is 0. The molecule has 1 nitrogen and oxygen atoms in total. The van der Waals surface area contributed by atoms with Gasteiger partial charge in [0.15, 0.2) is 0 Å². The molecule has 0 spiro atoms. The summed E-state index contributed by atoms with van der Waals surface area (Å²) in [4.78, 5) is 0. The Balaban J connectivity index is 2.58. The molecule has 1 fully saturated rings. The van der Waals surface area contributed by atoms with Gasteiger partial charge in [0.05, 0.1) is 12.2 Å². The van der Waals surface area contributed by atoms with E-state index in [1.165, 1.54) is 0 Å². The molecule has 0 bridgehead atoms. The molecule has 1 heterocycles. The Hall–Kier alpha value is -0.300. The molecule has 1 saturated heterocycles. The maximum absolute atomic E-state index is 5.68. The molecule has 0 saturated carbocycles. The quantitative estimate of drug-likeness (QED) is 0.527. The lowest BCUT2D eigenvalue weighted by Crippen LogP contribution is -2.35. The van der Waals surface area contributed by atoms with Crippen LogP contribution in [0.15, 0.2) is 12.7 Å². The van der Waals surface area contributed by atoms with Gasteiger partial charge in [-0.25, -0.2) is 0 Å². The lowest BCUT2D eigenvalue weighted by Gasteiger charge is -2.36. The molecule has 0 N–H and O–H groups in total. The third kappa shape index (κ3) is 1.84. The summed E-state index contributed by atoms with van der Waals surface area (Å²) < 4.78 is 5.68. The standard InChI is InChI=1S/C10H18O/c1-5-10-6-7(2)11-9(4)8(10)3/h5,7-10H,1,6H2,2-4H3/t7?,8?,9-,10?/m0/s1. The van der Waals surface area contributed by atoms with Crippen LogP contribution in [0.25, 0.3) is 0 Å². The van der Waals surface area contributed by atoms with Gasteiger partial charge in [0.1, 0.15) is 0 Å². The first kappa shape index (κ1) is 8.79. The van der Waals surface area contributed by atoms with Crippen LogP contribution in [0, 0.1) is 11.8 Å². The number of hydrogen-bond acceptors (Lipinski definition) is 1. The lowest BCUT2D eigenvalue weighted by atomic mass is 9.83. The van der Waals surface area contributed by atoms with E-state index < -0.39 is 0 Å². The third-order valence-corrected chi connectivity index (χ3v) is 2.77. The van der Waals surface area contributed by atoms with Crippen molar-refractivity contribution in [2.45, 2.75) is 39.4 Å². The van der Waals surface area contributed by atoms with Crippen LogP contribution in [-0.2, 0) is 4.74 Å². The van der Waals surface area contributed by atoms with Crippen molar-refractivity contribution >= 4 is 0 Å². The van der Waals surface area contributed by atoms with Crippen molar-refractivity contribution < 1.29 is 4.74 Å². The van der Waals surface area contributed by atoms with E-state index in [1.807, 2.05) is 0 Å². The summed E-state index contributed by atoms with van der Waals surface area (Å²) in [5, 5.41) is 0. The first-order valence-electron chi connectivity index (χ1n) is 4.43. The van der Waals surface area contributed by atoms with Crippen molar-refractivity contribution in [3.63, 3.8) is 0 Å². The van der Waals surface area contributed by atoms with Crippen molar-refractivity contribution in [3.05, 3.63) is 12.7 Å². The monoisotopic (exact) mass is 154 g/mol. The van der Waals surface area contributed by atoms with E-state index in [1.54, 1.807) is 0 Å². The van der Waals surface area contributed by atoms with E-state index in [9.17, 15) is 0 Å². The van der Waals surface area contributed by atoms with Gasteiger partial charge in [0, 0.05) is 0 Å². The Bertz CT molecular complexity index is 142. The smallest absolute Gasteiger partial charge is 0.0581 e. The highest BCUT2D eigenvalue weighted by atomic mass is 16.5. The van der Waals surface area contributed by atoms with Gasteiger partial charge in [0.25, 0.3) is 0 Å². The minimum atomic E-state index is 0.391. The highest BCUT2D eigenvalue weighted by Crippen LogP contribution is 2.30. The predicted octanol–water partition coefficient (Wildman–Crippen LogP) is 2.62. The molecule has 0 aromatic rings. The predicted molar refractivity (Wildman–Crippen MR) is 47.5 cm³/mol. The zero-order chi connectivity index (χ0) is 8.43. The molecule has 3 unspecified atom stereocenters. The SMILES string of the molecule is C=CC1CC(C)O[C@@H](C)C1C. The second-order valence-corrected chi connectivity index (χ2v) is 3.65. The zero-order valence-corrected chi connectivity index (χ0v) is 7.71. The molecular formula is C10H18O. The minimum Gasteiger partial charge on any atom is -0.375 e. The first-order valence-corrected chi connectivity index (χ1v) is 4.43. The molecule has 0 amide bonds. The Labute approximate surface area is 69.4 Å². The van der Waals surface area contributed by atoms with E-state index in [0.717, 1.165) is 6.42 Å². The number of hydrogen-bond donors (Lipinski definition) is 0.